The minimum atomic E-state index is -1.11. The number of hydrogen-bond donors (Lipinski definition) is 3. The number of ether oxygens (including phenoxy) is 2. The molecule has 2 aromatic rings. The SMILES string of the molecule is COc1cccc(Cn2cncc2C[C@H](NC(CC(C)C)C(=O)O)C(=O)O)c1OC. The van der Waals surface area contributed by atoms with Crippen LogP contribution in [-0.4, -0.2) is 58.0 Å². The second-order valence-electron chi connectivity index (χ2n) is 7.45. The van der Waals surface area contributed by atoms with E-state index >= 15 is 0 Å². The molecule has 0 aliphatic heterocycles. The maximum atomic E-state index is 11.8. The first kappa shape index (κ1) is 23.2. The summed E-state index contributed by atoms with van der Waals surface area (Å²) in [4.78, 5) is 27.5. The number of imidazole rings is 1. The van der Waals surface area contributed by atoms with Crippen molar-refractivity contribution in [1.29, 1.82) is 0 Å². The number of benzene rings is 1. The van der Waals surface area contributed by atoms with Crippen LogP contribution in [0, 0.1) is 5.92 Å². The lowest BCUT2D eigenvalue weighted by atomic mass is 10.0. The molecular weight excluding hydrogens is 390 g/mol. The fraction of sp³-hybridized carbons (Fsp3) is 0.476. The molecule has 1 heterocycles. The number of carbonyl (C=O) groups is 2. The van der Waals surface area contributed by atoms with Crippen molar-refractivity contribution < 1.29 is 29.3 Å². The van der Waals surface area contributed by atoms with Crippen molar-refractivity contribution in [3.8, 4) is 11.5 Å². The van der Waals surface area contributed by atoms with Crippen LogP contribution in [0.1, 0.15) is 31.5 Å². The zero-order chi connectivity index (χ0) is 22.3. The monoisotopic (exact) mass is 419 g/mol. The molecule has 0 saturated heterocycles. The van der Waals surface area contributed by atoms with E-state index in [2.05, 4.69) is 10.3 Å². The van der Waals surface area contributed by atoms with Gasteiger partial charge in [0.15, 0.2) is 11.5 Å². The zero-order valence-electron chi connectivity index (χ0n) is 17.7. The summed E-state index contributed by atoms with van der Waals surface area (Å²) < 4.78 is 12.6. The molecule has 0 aliphatic carbocycles. The average Bonchev–Trinajstić information content (AvgIpc) is 3.12. The number of carboxylic acid groups (broad SMARTS) is 2. The molecular formula is C21H29N3O6. The Kier molecular flexibility index (Phi) is 8.23. The summed E-state index contributed by atoms with van der Waals surface area (Å²) >= 11 is 0. The highest BCUT2D eigenvalue weighted by molar-refractivity contribution is 5.77. The van der Waals surface area contributed by atoms with Crippen LogP contribution in [0.4, 0.5) is 0 Å². The Bertz CT molecular complexity index is 864. The van der Waals surface area contributed by atoms with Crippen molar-refractivity contribution >= 4 is 11.9 Å². The van der Waals surface area contributed by atoms with Crippen LogP contribution >= 0.6 is 0 Å². The number of nitrogens with zero attached hydrogens (tertiary/aromatic N) is 2. The molecule has 164 valence electrons. The molecule has 0 spiro atoms. The van der Waals surface area contributed by atoms with E-state index in [1.54, 1.807) is 32.8 Å². The molecule has 2 atom stereocenters. The minimum Gasteiger partial charge on any atom is -0.493 e. The van der Waals surface area contributed by atoms with Gasteiger partial charge in [-0.3, -0.25) is 14.9 Å². The predicted octanol–water partition coefficient (Wildman–Crippen LogP) is 2.03. The molecule has 30 heavy (non-hydrogen) atoms. The number of carboxylic acids is 2. The first-order valence-corrected chi connectivity index (χ1v) is 9.67. The Morgan fingerprint density at radius 1 is 1.13 bits per heavy atom. The summed E-state index contributed by atoms with van der Waals surface area (Å²) in [5.41, 5.74) is 1.51. The lowest BCUT2D eigenvalue weighted by molar-refractivity contribution is -0.142. The number of methoxy groups -OCH3 is 2. The quantitative estimate of drug-likeness (QED) is 0.478. The van der Waals surface area contributed by atoms with E-state index in [9.17, 15) is 19.8 Å². The fourth-order valence-electron chi connectivity index (χ4n) is 3.30. The van der Waals surface area contributed by atoms with Gasteiger partial charge in [-0.25, -0.2) is 4.98 Å². The summed E-state index contributed by atoms with van der Waals surface area (Å²) in [6, 6.07) is 3.52. The van der Waals surface area contributed by atoms with Crippen LogP contribution in [0.25, 0.3) is 0 Å². The number of rotatable bonds is 12. The number of hydrogen-bond acceptors (Lipinski definition) is 6. The van der Waals surface area contributed by atoms with E-state index < -0.39 is 24.0 Å². The van der Waals surface area contributed by atoms with Crippen LogP contribution in [-0.2, 0) is 22.6 Å². The van der Waals surface area contributed by atoms with Gasteiger partial charge in [-0.2, -0.15) is 0 Å². The zero-order valence-corrected chi connectivity index (χ0v) is 17.7. The molecule has 1 unspecified atom stereocenters. The van der Waals surface area contributed by atoms with Crippen molar-refractivity contribution in [3.63, 3.8) is 0 Å². The number of nitrogens with one attached hydrogen (secondary N) is 1. The van der Waals surface area contributed by atoms with Gasteiger partial charge in [-0.15, -0.1) is 0 Å². The van der Waals surface area contributed by atoms with E-state index in [1.807, 2.05) is 30.5 Å². The molecule has 9 heteroatoms. The largest absolute Gasteiger partial charge is 0.493 e. The lowest BCUT2D eigenvalue weighted by Gasteiger charge is -2.22. The molecule has 2 rings (SSSR count). The smallest absolute Gasteiger partial charge is 0.321 e. The first-order valence-electron chi connectivity index (χ1n) is 9.67. The highest BCUT2D eigenvalue weighted by Gasteiger charge is 2.27. The maximum absolute atomic E-state index is 11.8. The highest BCUT2D eigenvalue weighted by Crippen LogP contribution is 2.31. The van der Waals surface area contributed by atoms with Crippen molar-refractivity contribution in [1.82, 2.24) is 14.9 Å². The molecule has 3 N–H and O–H groups in total. The van der Waals surface area contributed by atoms with Gasteiger partial charge in [-0.05, 0) is 18.4 Å². The van der Waals surface area contributed by atoms with E-state index in [0.29, 0.717) is 30.2 Å². The Morgan fingerprint density at radius 3 is 2.40 bits per heavy atom. The second-order valence-corrected chi connectivity index (χ2v) is 7.45. The minimum absolute atomic E-state index is 0.0868. The third-order valence-electron chi connectivity index (χ3n) is 4.74. The van der Waals surface area contributed by atoms with Crippen LogP contribution in [0.15, 0.2) is 30.7 Å². The molecule has 0 fully saturated rings. The Labute approximate surface area is 175 Å². The Hall–Kier alpha value is -3.07. The second kappa shape index (κ2) is 10.6. The third-order valence-corrected chi connectivity index (χ3v) is 4.74. The lowest BCUT2D eigenvalue weighted by Crippen LogP contribution is -2.49. The van der Waals surface area contributed by atoms with Crippen LogP contribution in [0.2, 0.25) is 0 Å². The molecule has 0 radical (unpaired) electrons. The van der Waals surface area contributed by atoms with Gasteiger partial charge in [0.25, 0.3) is 0 Å². The molecule has 0 aliphatic rings. The van der Waals surface area contributed by atoms with Gasteiger partial charge in [0.1, 0.15) is 12.1 Å². The fourth-order valence-corrected chi connectivity index (χ4v) is 3.30. The molecule has 1 aromatic carbocycles. The van der Waals surface area contributed by atoms with Crippen LogP contribution < -0.4 is 14.8 Å². The number of para-hydroxylation sites is 1. The topological polar surface area (TPSA) is 123 Å². The van der Waals surface area contributed by atoms with Crippen molar-refractivity contribution in [3.05, 3.63) is 42.0 Å². The van der Waals surface area contributed by atoms with Gasteiger partial charge in [0.05, 0.1) is 27.1 Å². The van der Waals surface area contributed by atoms with E-state index in [1.165, 1.54) is 0 Å². The van der Waals surface area contributed by atoms with Gasteiger partial charge < -0.3 is 24.3 Å². The van der Waals surface area contributed by atoms with Crippen molar-refractivity contribution in [2.24, 2.45) is 5.92 Å². The summed E-state index contributed by atoms with van der Waals surface area (Å²) in [6.07, 6.45) is 3.61. The van der Waals surface area contributed by atoms with Gasteiger partial charge in [0.2, 0.25) is 0 Å². The van der Waals surface area contributed by atoms with Gasteiger partial charge in [-0.1, -0.05) is 26.0 Å². The van der Waals surface area contributed by atoms with Gasteiger partial charge in [0, 0.05) is 23.9 Å². The van der Waals surface area contributed by atoms with Crippen LogP contribution in [0.3, 0.4) is 0 Å². The van der Waals surface area contributed by atoms with Gasteiger partial charge >= 0.3 is 11.9 Å². The summed E-state index contributed by atoms with van der Waals surface area (Å²) in [5.74, 6) is -0.879. The molecule has 0 bridgehead atoms. The molecule has 0 amide bonds. The van der Waals surface area contributed by atoms with Crippen LogP contribution in [0.5, 0.6) is 11.5 Å². The number of aliphatic carboxylic acids is 2. The molecule has 1 aromatic heterocycles. The predicted molar refractivity (Wildman–Crippen MR) is 110 cm³/mol. The maximum Gasteiger partial charge on any atom is 0.321 e. The average molecular weight is 419 g/mol. The summed E-state index contributed by atoms with van der Waals surface area (Å²) in [5, 5.41) is 21.9. The van der Waals surface area contributed by atoms with Crippen molar-refractivity contribution in [2.45, 2.75) is 45.3 Å². The van der Waals surface area contributed by atoms with E-state index in [4.69, 9.17) is 9.47 Å². The third kappa shape index (κ3) is 5.96. The summed E-state index contributed by atoms with van der Waals surface area (Å²) in [7, 11) is 3.12. The first-order chi connectivity index (χ1) is 14.3. The Morgan fingerprint density at radius 2 is 1.83 bits per heavy atom. The number of aromatic nitrogens is 2. The Balaban J connectivity index is 2.22. The highest BCUT2D eigenvalue weighted by atomic mass is 16.5. The standard InChI is InChI=1S/C21H29N3O6/c1-13(2)8-16(20(25)26)23-17(21(27)28)9-15-10-22-12-24(15)11-14-6-5-7-18(29-3)19(14)30-4/h5-7,10,12-13,16-17,23H,8-9,11H2,1-4H3,(H,25,26)(H,27,28)/t16?,17-/m0/s1. The molecule has 0 saturated carbocycles. The molecule has 9 nitrogen and oxygen atoms in total. The normalized spacial score (nSPS) is 13.1. The summed E-state index contributed by atoms with van der Waals surface area (Å²) in [6.45, 7) is 4.18. The van der Waals surface area contributed by atoms with E-state index in [0.717, 1.165) is 5.56 Å². The van der Waals surface area contributed by atoms with E-state index in [-0.39, 0.29) is 12.3 Å². The van der Waals surface area contributed by atoms with Crippen molar-refractivity contribution in [2.75, 3.05) is 14.2 Å².